The third kappa shape index (κ3) is 6.66. The molecule has 0 aliphatic heterocycles. The second kappa shape index (κ2) is 11.6. The molecule has 0 aromatic heterocycles. The number of nitrogens with zero attached hydrogens (tertiary/aromatic N) is 1. The third-order valence-electron chi connectivity index (χ3n) is 4.89. The topological polar surface area (TPSA) is 105 Å². The molecular formula is C24H29N3O5. The Kier molecular flexibility index (Phi) is 8.95. The van der Waals surface area contributed by atoms with Crippen LogP contribution in [-0.4, -0.2) is 48.8 Å². The summed E-state index contributed by atoms with van der Waals surface area (Å²) >= 11 is 0. The van der Waals surface area contributed by atoms with E-state index in [-0.39, 0.29) is 12.3 Å². The van der Waals surface area contributed by atoms with Crippen molar-refractivity contribution in [1.82, 2.24) is 10.2 Å². The van der Waals surface area contributed by atoms with Crippen LogP contribution in [0, 0.1) is 6.92 Å². The molecule has 2 N–H and O–H groups in total. The highest BCUT2D eigenvalue weighted by Gasteiger charge is 2.28. The lowest BCUT2D eigenvalue weighted by Gasteiger charge is -2.27. The van der Waals surface area contributed by atoms with E-state index in [1.54, 1.807) is 48.5 Å². The van der Waals surface area contributed by atoms with Crippen molar-refractivity contribution < 1.29 is 23.9 Å². The summed E-state index contributed by atoms with van der Waals surface area (Å²) in [4.78, 5) is 51.0. The maximum Gasteiger partial charge on any atom is 0.407 e. The summed E-state index contributed by atoms with van der Waals surface area (Å²) in [7, 11) is 1.22. The molecule has 170 valence electrons. The van der Waals surface area contributed by atoms with Gasteiger partial charge in [0.25, 0.3) is 0 Å². The van der Waals surface area contributed by atoms with Gasteiger partial charge >= 0.3 is 6.09 Å². The van der Waals surface area contributed by atoms with Crippen LogP contribution in [0.1, 0.15) is 47.8 Å². The molecule has 0 saturated carbocycles. The number of rotatable bonds is 9. The summed E-state index contributed by atoms with van der Waals surface area (Å²) in [6, 6.07) is 12.8. The minimum Gasteiger partial charge on any atom is -0.453 e. The number of anilines is 1. The fraction of sp³-hybridized carbons (Fsp3) is 0.333. The fourth-order valence-electron chi connectivity index (χ4n) is 3.17. The molecular weight excluding hydrogens is 410 g/mol. The Morgan fingerprint density at radius 1 is 1.06 bits per heavy atom. The Labute approximate surface area is 187 Å². The number of carbonyl (C=O) groups is 4. The standard InChI is InChI=1S/C24H29N3O5/c1-5-13-27(15-21(29)25-20-14-19(17(3)28)12-11-16(20)2)23(30)22(26-24(31)32-4)18-9-7-6-8-10-18/h6-12,14,22H,5,13,15H2,1-4H3,(H,25,29)(H,26,31)/t22-/m1/s1. The van der Waals surface area contributed by atoms with Crippen LogP contribution in [0.25, 0.3) is 0 Å². The van der Waals surface area contributed by atoms with Crippen LogP contribution < -0.4 is 10.6 Å². The first-order chi connectivity index (χ1) is 15.3. The predicted molar refractivity (Wildman–Crippen MR) is 121 cm³/mol. The van der Waals surface area contributed by atoms with Gasteiger partial charge in [0, 0.05) is 17.8 Å². The summed E-state index contributed by atoms with van der Waals surface area (Å²) in [5.74, 6) is -0.934. The lowest BCUT2D eigenvalue weighted by atomic mass is 10.1. The zero-order valence-corrected chi connectivity index (χ0v) is 18.8. The first kappa shape index (κ1) is 24.6. The first-order valence-electron chi connectivity index (χ1n) is 10.4. The van der Waals surface area contributed by atoms with Gasteiger partial charge in [-0.15, -0.1) is 0 Å². The minimum atomic E-state index is -0.995. The third-order valence-corrected chi connectivity index (χ3v) is 4.89. The van der Waals surface area contributed by atoms with Crippen molar-refractivity contribution in [3.63, 3.8) is 0 Å². The number of aryl methyl sites for hydroxylation is 1. The number of ketones is 1. The van der Waals surface area contributed by atoms with Crippen LogP contribution in [0.3, 0.4) is 0 Å². The van der Waals surface area contributed by atoms with Crippen molar-refractivity contribution in [3.8, 4) is 0 Å². The normalized spacial score (nSPS) is 11.2. The van der Waals surface area contributed by atoms with Gasteiger partial charge in [0.15, 0.2) is 5.78 Å². The van der Waals surface area contributed by atoms with E-state index in [2.05, 4.69) is 15.4 Å². The molecule has 0 bridgehead atoms. The van der Waals surface area contributed by atoms with Crippen molar-refractivity contribution in [3.05, 3.63) is 65.2 Å². The molecule has 0 aliphatic carbocycles. The van der Waals surface area contributed by atoms with Crippen LogP contribution in [0.15, 0.2) is 48.5 Å². The van der Waals surface area contributed by atoms with E-state index >= 15 is 0 Å². The van der Waals surface area contributed by atoms with Crippen molar-refractivity contribution >= 4 is 29.4 Å². The number of hydrogen-bond acceptors (Lipinski definition) is 5. The number of amides is 3. The number of hydrogen-bond donors (Lipinski definition) is 2. The van der Waals surface area contributed by atoms with Gasteiger partial charge < -0.3 is 20.3 Å². The van der Waals surface area contributed by atoms with Crippen LogP contribution in [0.5, 0.6) is 0 Å². The van der Waals surface area contributed by atoms with Gasteiger partial charge in [-0.1, -0.05) is 49.4 Å². The Bertz CT molecular complexity index is 975. The zero-order chi connectivity index (χ0) is 23.7. The number of alkyl carbamates (subject to hydrolysis) is 1. The number of benzene rings is 2. The van der Waals surface area contributed by atoms with E-state index in [9.17, 15) is 19.2 Å². The largest absolute Gasteiger partial charge is 0.453 e. The highest BCUT2D eigenvalue weighted by molar-refractivity contribution is 5.99. The molecule has 2 aromatic carbocycles. The molecule has 0 spiro atoms. The van der Waals surface area contributed by atoms with Crippen LogP contribution >= 0.6 is 0 Å². The Balaban J connectivity index is 2.22. The summed E-state index contributed by atoms with van der Waals surface area (Å²) in [5, 5.41) is 5.33. The highest BCUT2D eigenvalue weighted by Crippen LogP contribution is 2.19. The Hall–Kier alpha value is -3.68. The average Bonchev–Trinajstić information content (AvgIpc) is 2.78. The lowest BCUT2D eigenvalue weighted by Crippen LogP contribution is -2.46. The Morgan fingerprint density at radius 2 is 1.75 bits per heavy atom. The maximum atomic E-state index is 13.3. The minimum absolute atomic E-state index is 0.108. The van der Waals surface area contributed by atoms with E-state index in [0.717, 1.165) is 5.56 Å². The molecule has 8 heteroatoms. The molecule has 0 heterocycles. The molecule has 0 fully saturated rings. The highest BCUT2D eigenvalue weighted by atomic mass is 16.5. The SMILES string of the molecule is CCCN(CC(=O)Nc1cc(C(C)=O)ccc1C)C(=O)[C@H](NC(=O)OC)c1ccccc1. The smallest absolute Gasteiger partial charge is 0.407 e. The quantitative estimate of drug-likeness (QED) is 0.582. The molecule has 8 nitrogen and oxygen atoms in total. The zero-order valence-electron chi connectivity index (χ0n) is 18.8. The first-order valence-corrected chi connectivity index (χ1v) is 10.4. The van der Waals surface area contributed by atoms with Gasteiger partial charge in [-0.2, -0.15) is 0 Å². The lowest BCUT2D eigenvalue weighted by molar-refractivity contribution is -0.136. The van der Waals surface area contributed by atoms with Gasteiger partial charge in [-0.25, -0.2) is 4.79 Å². The number of carbonyl (C=O) groups excluding carboxylic acids is 4. The van der Waals surface area contributed by atoms with Crippen molar-refractivity contribution in [2.75, 3.05) is 25.5 Å². The van der Waals surface area contributed by atoms with Crippen molar-refractivity contribution in [2.24, 2.45) is 0 Å². The summed E-state index contributed by atoms with van der Waals surface area (Å²) in [5.41, 5.74) is 2.37. The van der Waals surface area contributed by atoms with Gasteiger partial charge in [-0.05, 0) is 37.5 Å². The predicted octanol–water partition coefficient (Wildman–Crippen LogP) is 3.47. The molecule has 32 heavy (non-hydrogen) atoms. The number of ether oxygens (including phenoxy) is 1. The second-order valence-corrected chi connectivity index (χ2v) is 7.37. The molecule has 0 unspecified atom stereocenters. The van der Waals surface area contributed by atoms with Gasteiger partial charge in [0.1, 0.15) is 6.04 Å². The van der Waals surface area contributed by atoms with Crippen LogP contribution in [0.4, 0.5) is 10.5 Å². The molecule has 2 rings (SSSR count). The monoisotopic (exact) mass is 439 g/mol. The van der Waals surface area contributed by atoms with Crippen LogP contribution in [0.2, 0.25) is 0 Å². The van der Waals surface area contributed by atoms with E-state index < -0.39 is 23.9 Å². The van der Waals surface area contributed by atoms with Gasteiger partial charge in [0.05, 0.1) is 13.7 Å². The van der Waals surface area contributed by atoms with Crippen molar-refractivity contribution in [1.29, 1.82) is 0 Å². The van der Waals surface area contributed by atoms with E-state index in [4.69, 9.17) is 0 Å². The van der Waals surface area contributed by atoms with E-state index in [1.807, 2.05) is 13.8 Å². The second-order valence-electron chi connectivity index (χ2n) is 7.37. The number of nitrogens with one attached hydrogen (secondary N) is 2. The van der Waals surface area contributed by atoms with Gasteiger partial charge in [0.2, 0.25) is 11.8 Å². The number of methoxy groups -OCH3 is 1. The average molecular weight is 440 g/mol. The van der Waals surface area contributed by atoms with E-state index in [1.165, 1.54) is 18.9 Å². The molecule has 1 atom stereocenters. The van der Waals surface area contributed by atoms with Gasteiger partial charge in [-0.3, -0.25) is 14.4 Å². The molecule has 3 amide bonds. The molecule has 0 radical (unpaired) electrons. The summed E-state index contributed by atoms with van der Waals surface area (Å²) in [6.07, 6.45) is -0.123. The van der Waals surface area contributed by atoms with E-state index in [0.29, 0.717) is 29.8 Å². The van der Waals surface area contributed by atoms with Crippen LogP contribution in [-0.2, 0) is 14.3 Å². The molecule has 0 aliphatic rings. The fourth-order valence-corrected chi connectivity index (χ4v) is 3.17. The molecule has 2 aromatic rings. The summed E-state index contributed by atoms with van der Waals surface area (Å²) in [6.45, 7) is 5.29. The summed E-state index contributed by atoms with van der Waals surface area (Å²) < 4.78 is 4.67. The molecule has 0 saturated heterocycles. The van der Waals surface area contributed by atoms with Crippen molar-refractivity contribution in [2.45, 2.75) is 33.2 Å². The maximum absolute atomic E-state index is 13.3. The number of Topliss-reactive ketones (excluding diaryl/α,β-unsaturated/α-hetero) is 1. The Morgan fingerprint density at radius 3 is 2.34 bits per heavy atom.